The molecule has 0 saturated heterocycles. The summed E-state index contributed by atoms with van der Waals surface area (Å²) in [6.07, 6.45) is -3.08. The number of carbonyl (C=O) groups is 1. The first-order valence-corrected chi connectivity index (χ1v) is 4.98. The van der Waals surface area contributed by atoms with Gasteiger partial charge in [-0.1, -0.05) is 15.9 Å². The van der Waals surface area contributed by atoms with Gasteiger partial charge in [0.25, 0.3) is 6.43 Å². The molecule has 0 bridgehead atoms. The lowest BCUT2D eigenvalue weighted by Crippen LogP contribution is -2.06. The Morgan fingerprint density at radius 1 is 1.69 bits per heavy atom. The molecule has 4 nitrogen and oxygen atoms in total. The second kappa shape index (κ2) is 5.20. The maximum absolute atomic E-state index is 12.4. The molecule has 88 valence electrons. The van der Waals surface area contributed by atoms with E-state index in [4.69, 9.17) is 9.84 Å². The summed E-state index contributed by atoms with van der Waals surface area (Å²) in [6, 6.07) is 1.09. The molecule has 0 saturated carbocycles. The van der Waals surface area contributed by atoms with Crippen LogP contribution in [0.5, 0.6) is 5.88 Å². The molecule has 0 fully saturated rings. The standard InChI is InChI=1S/C9H8BrF2NO3/c1-16-9-4(2-7(14)15)5(10)3-6(13-9)8(11)12/h3,8H,2H2,1H3,(H,14,15). The molecule has 1 rings (SSSR count). The average Bonchev–Trinajstić information content (AvgIpc) is 2.19. The van der Waals surface area contributed by atoms with E-state index < -0.39 is 18.1 Å². The Labute approximate surface area is 98.4 Å². The summed E-state index contributed by atoms with van der Waals surface area (Å²) in [5, 5.41) is 8.64. The molecule has 1 aromatic rings. The summed E-state index contributed by atoms with van der Waals surface area (Å²) in [5.74, 6) is -1.20. The molecule has 7 heteroatoms. The number of rotatable bonds is 4. The van der Waals surface area contributed by atoms with Crippen LogP contribution in [0.25, 0.3) is 0 Å². The number of carboxylic acids is 1. The summed E-state index contributed by atoms with van der Waals surface area (Å²) >= 11 is 3.02. The van der Waals surface area contributed by atoms with Gasteiger partial charge in [0.2, 0.25) is 5.88 Å². The minimum atomic E-state index is -2.73. The lowest BCUT2D eigenvalue weighted by molar-refractivity contribution is -0.136. The van der Waals surface area contributed by atoms with Gasteiger partial charge in [-0.2, -0.15) is 0 Å². The number of carboxylic acid groups (broad SMARTS) is 1. The van der Waals surface area contributed by atoms with Crippen LogP contribution in [0.2, 0.25) is 0 Å². The number of methoxy groups -OCH3 is 1. The first-order chi connectivity index (χ1) is 7.45. The van der Waals surface area contributed by atoms with Crippen LogP contribution >= 0.6 is 15.9 Å². The third kappa shape index (κ3) is 2.88. The Morgan fingerprint density at radius 2 is 2.31 bits per heavy atom. The summed E-state index contributed by atoms with van der Waals surface area (Å²) in [4.78, 5) is 14.1. The van der Waals surface area contributed by atoms with Crippen LogP contribution in [0.3, 0.4) is 0 Å². The molecular weight excluding hydrogens is 288 g/mol. The highest BCUT2D eigenvalue weighted by Gasteiger charge is 2.18. The third-order valence-electron chi connectivity index (χ3n) is 1.80. The molecular formula is C9H8BrF2NO3. The average molecular weight is 296 g/mol. The van der Waals surface area contributed by atoms with Gasteiger partial charge in [0.15, 0.2) is 0 Å². The van der Waals surface area contributed by atoms with Crippen LogP contribution < -0.4 is 4.74 Å². The monoisotopic (exact) mass is 295 g/mol. The van der Waals surface area contributed by atoms with E-state index in [0.29, 0.717) is 0 Å². The van der Waals surface area contributed by atoms with E-state index in [1.165, 1.54) is 7.11 Å². The second-order valence-electron chi connectivity index (χ2n) is 2.89. The van der Waals surface area contributed by atoms with Crippen molar-refractivity contribution < 1.29 is 23.4 Å². The van der Waals surface area contributed by atoms with E-state index in [9.17, 15) is 13.6 Å². The summed E-state index contributed by atoms with van der Waals surface area (Å²) in [7, 11) is 1.25. The maximum atomic E-state index is 12.4. The van der Waals surface area contributed by atoms with Gasteiger partial charge in [-0.25, -0.2) is 13.8 Å². The Bertz CT molecular complexity index is 412. The Kier molecular flexibility index (Phi) is 4.17. The second-order valence-corrected chi connectivity index (χ2v) is 3.74. The number of aromatic nitrogens is 1. The lowest BCUT2D eigenvalue weighted by Gasteiger charge is -2.10. The van der Waals surface area contributed by atoms with Gasteiger partial charge in [0.05, 0.1) is 13.5 Å². The fourth-order valence-electron chi connectivity index (χ4n) is 1.13. The van der Waals surface area contributed by atoms with E-state index in [-0.39, 0.29) is 22.3 Å². The number of nitrogens with zero attached hydrogens (tertiary/aromatic N) is 1. The van der Waals surface area contributed by atoms with E-state index in [2.05, 4.69) is 20.9 Å². The zero-order valence-electron chi connectivity index (χ0n) is 8.21. The Morgan fingerprint density at radius 3 is 2.75 bits per heavy atom. The lowest BCUT2D eigenvalue weighted by atomic mass is 10.2. The first-order valence-electron chi connectivity index (χ1n) is 4.19. The van der Waals surface area contributed by atoms with Crippen LogP contribution in [-0.2, 0) is 11.2 Å². The molecule has 1 N–H and O–H groups in total. The van der Waals surface area contributed by atoms with Gasteiger partial charge in [-0.3, -0.25) is 4.79 Å². The molecule has 1 heterocycles. The van der Waals surface area contributed by atoms with Crippen molar-refractivity contribution in [1.29, 1.82) is 0 Å². The topological polar surface area (TPSA) is 59.4 Å². The van der Waals surface area contributed by atoms with Crippen molar-refractivity contribution in [2.24, 2.45) is 0 Å². The minimum absolute atomic E-state index is 0.105. The fraction of sp³-hybridized carbons (Fsp3) is 0.333. The Hall–Kier alpha value is -1.24. The van der Waals surface area contributed by atoms with E-state index in [1.807, 2.05) is 0 Å². The van der Waals surface area contributed by atoms with Gasteiger partial charge in [-0.05, 0) is 6.07 Å². The predicted octanol–water partition coefficient (Wildman–Crippen LogP) is 2.42. The molecule has 16 heavy (non-hydrogen) atoms. The normalized spacial score (nSPS) is 10.6. The molecule has 0 aromatic carbocycles. The van der Waals surface area contributed by atoms with Crippen molar-refractivity contribution in [1.82, 2.24) is 4.98 Å². The molecule has 0 unspecified atom stereocenters. The van der Waals surface area contributed by atoms with Crippen LogP contribution in [0.4, 0.5) is 8.78 Å². The van der Waals surface area contributed by atoms with Gasteiger partial charge >= 0.3 is 5.97 Å². The molecule has 0 atom stereocenters. The molecule has 0 amide bonds. The summed E-state index contributed by atoms with van der Waals surface area (Å²) < 4.78 is 29.8. The predicted molar refractivity (Wildman–Crippen MR) is 54.8 cm³/mol. The van der Waals surface area contributed by atoms with Crippen molar-refractivity contribution in [3.8, 4) is 5.88 Å². The highest BCUT2D eigenvalue weighted by Crippen LogP contribution is 2.30. The maximum Gasteiger partial charge on any atom is 0.308 e. The Balaban J connectivity index is 3.22. The molecule has 0 aliphatic heterocycles. The SMILES string of the molecule is COc1nc(C(F)F)cc(Br)c1CC(=O)O. The zero-order chi connectivity index (χ0) is 12.3. The highest BCUT2D eigenvalue weighted by molar-refractivity contribution is 9.10. The number of aliphatic carboxylic acids is 1. The van der Waals surface area contributed by atoms with E-state index in [1.54, 1.807) is 0 Å². The minimum Gasteiger partial charge on any atom is -0.481 e. The van der Waals surface area contributed by atoms with E-state index >= 15 is 0 Å². The van der Waals surface area contributed by atoms with Crippen molar-refractivity contribution in [2.75, 3.05) is 7.11 Å². The molecule has 0 aliphatic carbocycles. The van der Waals surface area contributed by atoms with Gasteiger partial charge < -0.3 is 9.84 Å². The number of hydrogen-bond donors (Lipinski definition) is 1. The molecule has 0 spiro atoms. The van der Waals surface area contributed by atoms with Crippen LogP contribution in [0.1, 0.15) is 17.7 Å². The van der Waals surface area contributed by atoms with Crippen molar-refractivity contribution in [2.45, 2.75) is 12.8 Å². The van der Waals surface area contributed by atoms with Gasteiger partial charge in [0.1, 0.15) is 5.69 Å². The van der Waals surface area contributed by atoms with Crippen LogP contribution in [-0.4, -0.2) is 23.2 Å². The van der Waals surface area contributed by atoms with Gasteiger partial charge in [0, 0.05) is 10.0 Å². The highest BCUT2D eigenvalue weighted by atomic mass is 79.9. The largest absolute Gasteiger partial charge is 0.481 e. The van der Waals surface area contributed by atoms with Crippen molar-refractivity contribution in [3.63, 3.8) is 0 Å². The molecule has 0 radical (unpaired) electrons. The quantitative estimate of drug-likeness (QED) is 0.927. The number of pyridine rings is 1. The first kappa shape index (κ1) is 12.8. The van der Waals surface area contributed by atoms with Crippen molar-refractivity contribution in [3.05, 3.63) is 21.8 Å². The van der Waals surface area contributed by atoms with Crippen molar-refractivity contribution >= 4 is 21.9 Å². The number of hydrogen-bond acceptors (Lipinski definition) is 3. The number of alkyl halides is 2. The van der Waals surface area contributed by atoms with Crippen LogP contribution in [0.15, 0.2) is 10.5 Å². The number of halogens is 3. The summed E-state index contributed by atoms with van der Waals surface area (Å²) in [5.41, 5.74) is -0.225. The van der Waals surface area contributed by atoms with Crippen LogP contribution in [0, 0.1) is 0 Å². The molecule has 1 aromatic heterocycles. The third-order valence-corrected chi connectivity index (χ3v) is 2.50. The number of ether oxygens (including phenoxy) is 1. The zero-order valence-corrected chi connectivity index (χ0v) is 9.79. The van der Waals surface area contributed by atoms with E-state index in [0.717, 1.165) is 6.07 Å². The van der Waals surface area contributed by atoms with Gasteiger partial charge in [-0.15, -0.1) is 0 Å². The fourth-order valence-corrected chi connectivity index (χ4v) is 1.67. The smallest absolute Gasteiger partial charge is 0.308 e. The molecule has 0 aliphatic rings. The summed E-state index contributed by atoms with van der Waals surface area (Å²) in [6.45, 7) is 0.